The van der Waals surface area contributed by atoms with Gasteiger partial charge in [-0.15, -0.1) is 0 Å². The Labute approximate surface area is 189 Å². The second kappa shape index (κ2) is 8.23. The molecule has 1 aromatic heterocycles. The minimum absolute atomic E-state index is 0.181. The van der Waals surface area contributed by atoms with Crippen molar-refractivity contribution >= 4 is 34.7 Å². The van der Waals surface area contributed by atoms with Crippen molar-refractivity contribution in [3.63, 3.8) is 0 Å². The molecular formula is C24H20ClN5O2. The van der Waals surface area contributed by atoms with Crippen LogP contribution < -0.4 is 15.9 Å². The van der Waals surface area contributed by atoms with E-state index in [0.717, 1.165) is 0 Å². The molecule has 2 N–H and O–H groups in total. The molecule has 160 valence electrons. The second-order valence-corrected chi connectivity index (χ2v) is 7.61. The summed E-state index contributed by atoms with van der Waals surface area (Å²) in [6, 6.07) is 13.8. The molecule has 3 aromatic rings. The molecule has 8 heteroatoms. The van der Waals surface area contributed by atoms with E-state index in [1.54, 1.807) is 68.7 Å². The second-order valence-electron chi connectivity index (χ2n) is 7.18. The molecule has 32 heavy (non-hydrogen) atoms. The number of rotatable bonds is 4. The average molecular weight is 446 g/mol. The van der Waals surface area contributed by atoms with Crippen LogP contribution in [0.1, 0.15) is 12.6 Å². The molecule has 1 amide bonds. The Balaban J connectivity index is 1.93. The van der Waals surface area contributed by atoms with Gasteiger partial charge in [0.25, 0.3) is 0 Å². The molecule has 0 atom stereocenters. The van der Waals surface area contributed by atoms with Crippen LogP contribution in [0.15, 0.2) is 83.5 Å². The number of nitrogens with one attached hydrogen (secondary N) is 2. The van der Waals surface area contributed by atoms with E-state index in [1.807, 2.05) is 0 Å². The summed E-state index contributed by atoms with van der Waals surface area (Å²) in [6.45, 7) is 5.27. The van der Waals surface area contributed by atoms with Gasteiger partial charge in [-0.05, 0) is 61.5 Å². The van der Waals surface area contributed by atoms with Crippen LogP contribution in [0.3, 0.4) is 0 Å². The maximum Gasteiger partial charge on any atom is 0.339 e. The van der Waals surface area contributed by atoms with E-state index in [0.29, 0.717) is 39.2 Å². The lowest BCUT2D eigenvalue weighted by Crippen LogP contribution is -2.25. The van der Waals surface area contributed by atoms with E-state index in [9.17, 15) is 9.59 Å². The number of allylic oxidation sites excluding steroid dienone is 1. The Morgan fingerprint density at radius 3 is 2.34 bits per heavy atom. The Morgan fingerprint density at radius 2 is 1.72 bits per heavy atom. The Hall–Kier alpha value is -4.06. The monoisotopic (exact) mass is 445 g/mol. The lowest BCUT2D eigenvalue weighted by Gasteiger charge is -2.16. The van der Waals surface area contributed by atoms with Crippen LogP contribution in [0.25, 0.3) is 11.4 Å². The predicted molar refractivity (Wildman–Crippen MR) is 128 cm³/mol. The van der Waals surface area contributed by atoms with Gasteiger partial charge in [-0.3, -0.25) is 14.8 Å². The van der Waals surface area contributed by atoms with Crippen LogP contribution in [-0.4, -0.2) is 27.8 Å². The van der Waals surface area contributed by atoms with Gasteiger partial charge < -0.3 is 10.2 Å². The van der Waals surface area contributed by atoms with Crippen LogP contribution in [-0.2, 0) is 4.79 Å². The first kappa shape index (κ1) is 21.2. The number of likely N-dealkylation sites (N-methyl/N-ethyl adjacent to an activating group) is 1. The van der Waals surface area contributed by atoms with Crippen molar-refractivity contribution in [2.75, 3.05) is 17.3 Å². The normalized spacial score (nSPS) is 12.5. The molecule has 0 saturated heterocycles. The van der Waals surface area contributed by atoms with Gasteiger partial charge in [0, 0.05) is 29.5 Å². The fourth-order valence-corrected chi connectivity index (χ4v) is 3.61. The number of carbonyl (C=O) groups is 1. The summed E-state index contributed by atoms with van der Waals surface area (Å²) in [5, 5.41) is 12.3. The van der Waals surface area contributed by atoms with Crippen molar-refractivity contribution in [1.82, 2.24) is 9.13 Å². The summed E-state index contributed by atoms with van der Waals surface area (Å²) in [7, 11) is 1.65. The standard InChI is InChI=1S/C24H20ClN5O2/c1-4-20(31)28(3)17-9-11-19(12-10-17)30-23-22(21(26)15(2)13-14-27-23)29(24(30)32)18-7-5-16(25)6-8-18/h4-12,14,26-27H,1H2,2-3H3. The van der Waals surface area contributed by atoms with Gasteiger partial charge in [0.2, 0.25) is 5.91 Å². The highest BCUT2D eigenvalue weighted by molar-refractivity contribution is 6.30. The van der Waals surface area contributed by atoms with Crippen molar-refractivity contribution in [2.45, 2.75) is 6.92 Å². The number of amides is 1. The maximum atomic E-state index is 13.6. The fourth-order valence-electron chi connectivity index (χ4n) is 3.49. The van der Waals surface area contributed by atoms with Gasteiger partial charge in [0.15, 0.2) is 0 Å². The van der Waals surface area contributed by atoms with Crippen molar-refractivity contribution in [3.8, 4) is 11.4 Å². The van der Waals surface area contributed by atoms with E-state index in [-0.39, 0.29) is 17.3 Å². The van der Waals surface area contributed by atoms with Crippen molar-refractivity contribution in [2.24, 2.45) is 0 Å². The summed E-state index contributed by atoms with van der Waals surface area (Å²) in [6.07, 6.45) is 2.82. The van der Waals surface area contributed by atoms with Crippen molar-refractivity contribution in [1.29, 1.82) is 5.41 Å². The molecule has 2 aromatic carbocycles. The Morgan fingerprint density at radius 1 is 1.12 bits per heavy atom. The molecule has 4 rings (SSSR count). The van der Waals surface area contributed by atoms with Gasteiger partial charge in [-0.1, -0.05) is 23.9 Å². The highest BCUT2D eigenvalue weighted by Gasteiger charge is 2.26. The van der Waals surface area contributed by atoms with Gasteiger partial charge in [0.1, 0.15) is 11.5 Å². The van der Waals surface area contributed by atoms with Crippen LogP contribution in [0, 0.1) is 5.41 Å². The first-order valence-electron chi connectivity index (χ1n) is 9.75. The summed E-state index contributed by atoms with van der Waals surface area (Å²) < 4.78 is 2.97. The highest BCUT2D eigenvalue weighted by Crippen LogP contribution is 2.28. The number of carbonyl (C=O) groups excluding carboxylic acids is 1. The van der Waals surface area contributed by atoms with E-state index in [2.05, 4.69) is 17.6 Å². The zero-order chi connectivity index (χ0) is 23.0. The number of halogens is 1. The SMILES string of the molecule is C=CC(=O)N(C)c1ccc(-n2c3c(n(-c4ccc(Cl)cc4)c2=O)C(=N)C(C)=C=CN3)cc1. The summed E-state index contributed by atoms with van der Waals surface area (Å²) in [4.78, 5) is 27.0. The number of imidazole rings is 1. The molecule has 0 radical (unpaired) electrons. The molecule has 0 fully saturated rings. The maximum absolute atomic E-state index is 13.6. The molecule has 2 heterocycles. The molecule has 0 aliphatic carbocycles. The topological polar surface area (TPSA) is 83.1 Å². The lowest BCUT2D eigenvalue weighted by atomic mass is 10.1. The minimum Gasteiger partial charge on any atom is -0.339 e. The predicted octanol–water partition coefficient (Wildman–Crippen LogP) is 4.28. The molecule has 0 saturated carbocycles. The van der Waals surface area contributed by atoms with Gasteiger partial charge in [-0.2, -0.15) is 0 Å². The molecule has 1 aliphatic heterocycles. The van der Waals surface area contributed by atoms with Gasteiger partial charge >= 0.3 is 5.69 Å². The lowest BCUT2D eigenvalue weighted by molar-refractivity contribution is -0.113. The zero-order valence-corrected chi connectivity index (χ0v) is 18.3. The third kappa shape index (κ3) is 3.50. The molecular weight excluding hydrogens is 426 g/mol. The Kier molecular flexibility index (Phi) is 5.45. The van der Waals surface area contributed by atoms with Crippen LogP contribution >= 0.6 is 11.6 Å². The van der Waals surface area contributed by atoms with Crippen LogP contribution in [0.4, 0.5) is 11.5 Å². The van der Waals surface area contributed by atoms with Crippen molar-refractivity contribution in [3.05, 3.63) is 99.9 Å². The summed E-state index contributed by atoms with van der Waals surface area (Å²) >= 11 is 6.03. The number of hydrogen-bond acceptors (Lipinski definition) is 4. The zero-order valence-electron chi connectivity index (χ0n) is 17.5. The summed E-state index contributed by atoms with van der Waals surface area (Å²) in [5.41, 5.74) is 5.68. The van der Waals surface area contributed by atoms with Gasteiger partial charge in [-0.25, -0.2) is 9.36 Å². The molecule has 0 bridgehead atoms. The smallest absolute Gasteiger partial charge is 0.339 e. The van der Waals surface area contributed by atoms with Gasteiger partial charge in [0.05, 0.1) is 17.1 Å². The average Bonchev–Trinajstić information content (AvgIpc) is 3.01. The Bertz CT molecular complexity index is 1370. The summed E-state index contributed by atoms with van der Waals surface area (Å²) in [5.74, 6) is 0.210. The third-order valence-corrected chi connectivity index (χ3v) is 5.50. The third-order valence-electron chi connectivity index (χ3n) is 5.25. The van der Waals surface area contributed by atoms with E-state index >= 15 is 0 Å². The number of anilines is 2. The van der Waals surface area contributed by atoms with Crippen LogP contribution in [0.2, 0.25) is 5.02 Å². The van der Waals surface area contributed by atoms with Crippen LogP contribution in [0.5, 0.6) is 0 Å². The molecule has 1 aliphatic rings. The van der Waals surface area contributed by atoms with E-state index < -0.39 is 0 Å². The highest BCUT2D eigenvalue weighted by atomic mass is 35.5. The number of aromatic nitrogens is 2. The van der Waals surface area contributed by atoms with E-state index in [1.165, 1.54) is 20.1 Å². The first-order chi connectivity index (χ1) is 15.3. The number of benzene rings is 2. The molecule has 0 spiro atoms. The molecule has 7 nitrogen and oxygen atoms in total. The number of nitrogens with zero attached hydrogens (tertiary/aromatic N) is 3. The van der Waals surface area contributed by atoms with Crippen molar-refractivity contribution < 1.29 is 4.79 Å². The van der Waals surface area contributed by atoms with E-state index in [4.69, 9.17) is 17.0 Å². The first-order valence-corrected chi connectivity index (χ1v) is 10.1. The minimum atomic E-state index is -0.346. The number of fused-ring (bicyclic) bond motifs is 1. The number of hydrogen-bond donors (Lipinski definition) is 2. The largest absolute Gasteiger partial charge is 0.339 e. The molecule has 0 unspecified atom stereocenters. The quantitative estimate of drug-likeness (QED) is 0.464. The fraction of sp³-hybridized carbons (Fsp3) is 0.0833.